The summed E-state index contributed by atoms with van der Waals surface area (Å²) in [5.41, 5.74) is 0. The van der Waals surface area contributed by atoms with E-state index in [0.717, 1.165) is 26.1 Å². The summed E-state index contributed by atoms with van der Waals surface area (Å²) in [6.07, 6.45) is 8.40. The molecule has 1 unspecified atom stereocenters. The van der Waals surface area contributed by atoms with Gasteiger partial charge in [-0.15, -0.1) is 0 Å². The van der Waals surface area contributed by atoms with Crippen molar-refractivity contribution in [3.8, 4) is 0 Å². The number of likely N-dealkylation sites (tertiary alicyclic amines) is 1. The van der Waals surface area contributed by atoms with E-state index >= 15 is 0 Å². The Balaban J connectivity index is 1.76. The summed E-state index contributed by atoms with van der Waals surface area (Å²) < 4.78 is 0.344. The molecule has 2 fully saturated rings. The van der Waals surface area contributed by atoms with Crippen molar-refractivity contribution in [1.82, 2.24) is 10.2 Å². The number of hydrogen-bond acceptors (Lipinski definition) is 2. The lowest BCUT2D eigenvalue weighted by atomic mass is 9.84. The Morgan fingerprint density at radius 2 is 2.24 bits per heavy atom. The lowest BCUT2D eigenvalue weighted by Gasteiger charge is -2.41. The Hall–Kier alpha value is -0.380. The molecule has 17 heavy (non-hydrogen) atoms. The predicted molar refractivity (Wildman–Crippen MR) is 73.5 cm³/mol. The molecule has 3 nitrogen and oxygen atoms in total. The average Bonchev–Trinajstić information content (AvgIpc) is 2.28. The maximum absolute atomic E-state index is 12.1. The highest BCUT2D eigenvalue weighted by Gasteiger charge is 2.36. The third kappa shape index (κ3) is 3.09. The van der Waals surface area contributed by atoms with Gasteiger partial charge in [0.05, 0.1) is 0 Å². The summed E-state index contributed by atoms with van der Waals surface area (Å²) in [6, 6.07) is 0.150. The van der Waals surface area contributed by atoms with Crippen molar-refractivity contribution in [2.24, 2.45) is 5.92 Å². The molecule has 0 bridgehead atoms. The molecule has 1 saturated carbocycles. The largest absolute Gasteiger partial charge is 0.337 e. The van der Waals surface area contributed by atoms with Gasteiger partial charge in [0.25, 0.3) is 0 Å². The number of nitrogens with zero attached hydrogens (tertiary/aromatic N) is 1. The summed E-state index contributed by atoms with van der Waals surface area (Å²) in [6.45, 7) is 4.94. The van der Waals surface area contributed by atoms with E-state index in [1.807, 2.05) is 16.7 Å². The van der Waals surface area contributed by atoms with E-state index in [9.17, 15) is 4.79 Å². The number of urea groups is 1. The van der Waals surface area contributed by atoms with Crippen LogP contribution in [0, 0.1) is 5.92 Å². The number of hydrogen-bond donors (Lipinski definition) is 1. The van der Waals surface area contributed by atoms with Gasteiger partial charge in [0.15, 0.2) is 0 Å². The molecule has 0 spiro atoms. The van der Waals surface area contributed by atoms with Gasteiger partial charge in [-0.05, 0) is 37.9 Å². The van der Waals surface area contributed by atoms with Crippen molar-refractivity contribution in [2.45, 2.75) is 43.8 Å². The molecule has 1 heterocycles. The predicted octanol–water partition coefficient (Wildman–Crippen LogP) is 2.71. The van der Waals surface area contributed by atoms with Gasteiger partial charge < -0.3 is 10.2 Å². The van der Waals surface area contributed by atoms with Gasteiger partial charge in [-0.2, -0.15) is 11.8 Å². The van der Waals surface area contributed by atoms with Gasteiger partial charge in [-0.3, -0.25) is 0 Å². The Kier molecular flexibility index (Phi) is 4.23. The van der Waals surface area contributed by atoms with Gasteiger partial charge in [0.1, 0.15) is 0 Å². The Labute approximate surface area is 109 Å². The molecular formula is C13H24N2OS. The van der Waals surface area contributed by atoms with E-state index in [1.165, 1.54) is 25.7 Å². The molecule has 1 atom stereocenters. The van der Waals surface area contributed by atoms with E-state index in [0.29, 0.717) is 10.7 Å². The molecule has 0 radical (unpaired) electrons. The van der Waals surface area contributed by atoms with Crippen molar-refractivity contribution < 1.29 is 4.79 Å². The summed E-state index contributed by atoms with van der Waals surface area (Å²) in [5, 5.41) is 3.13. The third-order valence-corrected chi connectivity index (χ3v) is 5.62. The minimum Gasteiger partial charge on any atom is -0.337 e. The molecule has 0 aromatic rings. The van der Waals surface area contributed by atoms with Crippen LogP contribution < -0.4 is 5.32 Å². The van der Waals surface area contributed by atoms with Crippen LogP contribution in [0.5, 0.6) is 0 Å². The van der Waals surface area contributed by atoms with Crippen LogP contribution in [-0.2, 0) is 0 Å². The highest BCUT2D eigenvalue weighted by molar-refractivity contribution is 8.00. The second kappa shape index (κ2) is 5.51. The topological polar surface area (TPSA) is 32.3 Å². The molecule has 2 aliphatic rings. The lowest BCUT2D eigenvalue weighted by molar-refractivity contribution is 0.167. The Morgan fingerprint density at radius 3 is 2.76 bits per heavy atom. The molecule has 1 N–H and O–H groups in total. The first kappa shape index (κ1) is 13.1. The fraction of sp³-hybridized carbons (Fsp3) is 0.923. The molecule has 0 aromatic carbocycles. The smallest absolute Gasteiger partial charge is 0.317 e. The van der Waals surface area contributed by atoms with Crippen LogP contribution in [0.1, 0.15) is 39.0 Å². The standard InChI is InChI=1S/C13H24N2OS/c1-11-5-3-8-15(9-11)12(16)14-10-13(17-2)6-4-7-13/h11H,3-10H2,1-2H3,(H,14,16). The van der Waals surface area contributed by atoms with Crippen LogP contribution in [0.25, 0.3) is 0 Å². The number of piperidine rings is 1. The first-order chi connectivity index (χ1) is 8.15. The number of carbonyl (C=O) groups excluding carboxylic acids is 1. The van der Waals surface area contributed by atoms with Gasteiger partial charge in [-0.25, -0.2) is 4.79 Å². The summed E-state index contributed by atoms with van der Waals surface area (Å²) in [4.78, 5) is 14.0. The van der Waals surface area contributed by atoms with Crippen molar-refractivity contribution in [2.75, 3.05) is 25.9 Å². The fourth-order valence-corrected chi connectivity index (χ4v) is 3.66. The minimum atomic E-state index is 0.150. The molecule has 4 heteroatoms. The van der Waals surface area contributed by atoms with E-state index < -0.39 is 0 Å². The first-order valence-electron chi connectivity index (χ1n) is 6.73. The van der Waals surface area contributed by atoms with Gasteiger partial charge in [0.2, 0.25) is 0 Å². The highest BCUT2D eigenvalue weighted by atomic mass is 32.2. The van der Waals surface area contributed by atoms with Crippen LogP contribution in [0.4, 0.5) is 4.79 Å². The van der Waals surface area contributed by atoms with Crippen molar-refractivity contribution in [1.29, 1.82) is 0 Å². The normalized spacial score (nSPS) is 27.4. The average molecular weight is 256 g/mol. The van der Waals surface area contributed by atoms with E-state index in [1.54, 1.807) is 0 Å². The van der Waals surface area contributed by atoms with Crippen molar-refractivity contribution >= 4 is 17.8 Å². The Morgan fingerprint density at radius 1 is 1.47 bits per heavy atom. The zero-order chi connectivity index (χ0) is 12.3. The van der Waals surface area contributed by atoms with Gasteiger partial charge in [0, 0.05) is 24.4 Å². The van der Waals surface area contributed by atoms with Gasteiger partial charge in [-0.1, -0.05) is 13.3 Å². The number of nitrogens with one attached hydrogen (secondary N) is 1. The zero-order valence-corrected chi connectivity index (χ0v) is 11.8. The van der Waals surface area contributed by atoms with Crippen LogP contribution in [0.2, 0.25) is 0 Å². The SMILES string of the molecule is CSC1(CNC(=O)N2CCCC(C)C2)CCC1. The minimum absolute atomic E-state index is 0.150. The highest BCUT2D eigenvalue weighted by Crippen LogP contribution is 2.42. The zero-order valence-electron chi connectivity index (χ0n) is 11.0. The van der Waals surface area contributed by atoms with Crippen LogP contribution in [0.3, 0.4) is 0 Å². The van der Waals surface area contributed by atoms with Gasteiger partial charge >= 0.3 is 6.03 Å². The summed E-state index contributed by atoms with van der Waals surface area (Å²) in [7, 11) is 0. The van der Waals surface area contributed by atoms with Crippen molar-refractivity contribution in [3.05, 3.63) is 0 Å². The fourth-order valence-electron chi connectivity index (χ4n) is 2.75. The summed E-state index contributed by atoms with van der Waals surface area (Å²) >= 11 is 1.91. The maximum Gasteiger partial charge on any atom is 0.317 e. The molecule has 1 aliphatic carbocycles. The van der Waals surface area contributed by atoms with E-state index in [-0.39, 0.29) is 6.03 Å². The molecule has 2 amide bonds. The molecule has 1 aliphatic heterocycles. The van der Waals surface area contributed by atoms with Crippen LogP contribution in [-0.4, -0.2) is 41.6 Å². The Bertz CT molecular complexity index is 273. The molecule has 1 saturated heterocycles. The lowest BCUT2D eigenvalue weighted by Crippen LogP contribution is -2.51. The number of carbonyl (C=O) groups is 1. The monoisotopic (exact) mass is 256 g/mol. The second-order valence-corrected chi connectivity index (χ2v) is 6.87. The van der Waals surface area contributed by atoms with E-state index in [2.05, 4.69) is 18.5 Å². The van der Waals surface area contributed by atoms with Crippen molar-refractivity contribution in [3.63, 3.8) is 0 Å². The molecular weight excluding hydrogens is 232 g/mol. The van der Waals surface area contributed by atoms with Crippen LogP contribution >= 0.6 is 11.8 Å². The molecule has 0 aromatic heterocycles. The number of thioether (sulfide) groups is 1. The number of rotatable bonds is 3. The molecule has 2 rings (SSSR count). The second-order valence-electron chi connectivity index (χ2n) is 5.59. The third-order valence-electron chi connectivity index (χ3n) is 4.20. The first-order valence-corrected chi connectivity index (χ1v) is 7.96. The maximum atomic E-state index is 12.1. The quantitative estimate of drug-likeness (QED) is 0.842. The van der Waals surface area contributed by atoms with E-state index in [4.69, 9.17) is 0 Å². The van der Waals surface area contributed by atoms with Crippen LogP contribution in [0.15, 0.2) is 0 Å². The molecule has 98 valence electrons. The number of amides is 2. The summed E-state index contributed by atoms with van der Waals surface area (Å²) in [5.74, 6) is 0.660.